The molecule has 0 aliphatic heterocycles. The number of rotatable bonds is 1. The van der Waals surface area contributed by atoms with Crippen LogP contribution in [-0.2, 0) is 0 Å². The minimum absolute atomic E-state index is 0.226. The van der Waals surface area contributed by atoms with E-state index in [2.05, 4.69) is 25.9 Å². The molecule has 0 atom stereocenters. The van der Waals surface area contributed by atoms with Crippen LogP contribution in [0.15, 0.2) is 22.7 Å². The SMILES string of the molecule is Cc1cc(F)ccc1-c1nc(Cl)c(Br)c(Cl)n1. The molecular weight excluding hydrogens is 330 g/mol. The highest BCUT2D eigenvalue weighted by molar-refractivity contribution is 9.10. The lowest BCUT2D eigenvalue weighted by atomic mass is 10.1. The van der Waals surface area contributed by atoms with Gasteiger partial charge in [0.25, 0.3) is 0 Å². The Bertz CT molecular complexity index is 567. The van der Waals surface area contributed by atoms with Crippen molar-refractivity contribution in [3.8, 4) is 11.4 Å². The molecule has 0 amide bonds. The van der Waals surface area contributed by atoms with Crippen LogP contribution in [0.1, 0.15) is 5.56 Å². The largest absolute Gasteiger partial charge is 0.215 e. The maximum Gasteiger partial charge on any atom is 0.162 e. The third kappa shape index (κ3) is 2.59. The van der Waals surface area contributed by atoms with Gasteiger partial charge in [-0.15, -0.1) is 0 Å². The molecule has 0 radical (unpaired) electrons. The molecule has 2 rings (SSSR count). The zero-order valence-electron chi connectivity index (χ0n) is 8.64. The van der Waals surface area contributed by atoms with Gasteiger partial charge in [-0.05, 0) is 46.6 Å². The first kappa shape index (κ1) is 12.7. The molecule has 17 heavy (non-hydrogen) atoms. The van der Waals surface area contributed by atoms with Crippen molar-refractivity contribution in [2.75, 3.05) is 0 Å². The second-order valence-electron chi connectivity index (χ2n) is 3.40. The fourth-order valence-corrected chi connectivity index (χ4v) is 1.96. The van der Waals surface area contributed by atoms with Crippen LogP contribution in [0.5, 0.6) is 0 Å². The summed E-state index contributed by atoms with van der Waals surface area (Å²) in [6, 6.07) is 4.35. The van der Waals surface area contributed by atoms with Crippen LogP contribution in [0.4, 0.5) is 4.39 Å². The molecule has 2 nitrogen and oxygen atoms in total. The number of halogens is 4. The Hall–Kier alpha value is -0.710. The normalized spacial score (nSPS) is 10.6. The van der Waals surface area contributed by atoms with Crippen molar-refractivity contribution in [2.45, 2.75) is 6.92 Å². The van der Waals surface area contributed by atoms with Gasteiger partial charge in [0.1, 0.15) is 16.1 Å². The number of aryl methyl sites for hydroxylation is 1. The number of aromatic nitrogens is 2. The van der Waals surface area contributed by atoms with Gasteiger partial charge in [-0.25, -0.2) is 14.4 Å². The first-order valence-electron chi connectivity index (χ1n) is 4.64. The monoisotopic (exact) mass is 334 g/mol. The van der Waals surface area contributed by atoms with Gasteiger partial charge in [0.2, 0.25) is 0 Å². The molecule has 0 spiro atoms. The first-order valence-corrected chi connectivity index (χ1v) is 6.19. The summed E-state index contributed by atoms with van der Waals surface area (Å²) in [5.41, 5.74) is 1.42. The molecule has 0 saturated heterocycles. The fraction of sp³-hybridized carbons (Fsp3) is 0.0909. The first-order chi connectivity index (χ1) is 7.99. The van der Waals surface area contributed by atoms with E-state index in [9.17, 15) is 4.39 Å². The van der Waals surface area contributed by atoms with Crippen LogP contribution in [-0.4, -0.2) is 9.97 Å². The van der Waals surface area contributed by atoms with E-state index in [1.165, 1.54) is 12.1 Å². The highest BCUT2D eigenvalue weighted by Crippen LogP contribution is 2.30. The minimum atomic E-state index is -0.305. The molecule has 88 valence electrons. The van der Waals surface area contributed by atoms with Gasteiger partial charge >= 0.3 is 0 Å². The molecule has 1 heterocycles. The Balaban J connectivity index is 2.61. The number of hydrogen-bond donors (Lipinski definition) is 0. The molecule has 0 saturated carbocycles. The highest BCUT2D eigenvalue weighted by Gasteiger charge is 2.12. The molecule has 1 aromatic carbocycles. The molecular formula is C11H6BrCl2FN2. The Kier molecular flexibility index (Phi) is 3.66. The number of hydrogen-bond acceptors (Lipinski definition) is 2. The van der Waals surface area contributed by atoms with Crippen LogP contribution >= 0.6 is 39.1 Å². The molecule has 0 unspecified atom stereocenters. The van der Waals surface area contributed by atoms with Crippen LogP contribution in [0, 0.1) is 12.7 Å². The second-order valence-corrected chi connectivity index (χ2v) is 4.91. The average molecular weight is 336 g/mol. The van der Waals surface area contributed by atoms with Crippen molar-refractivity contribution < 1.29 is 4.39 Å². The van der Waals surface area contributed by atoms with Gasteiger partial charge in [-0.3, -0.25) is 0 Å². The molecule has 0 fully saturated rings. The van der Waals surface area contributed by atoms with Crippen molar-refractivity contribution in [3.63, 3.8) is 0 Å². The van der Waals surface area contributed by atoms with Crippen molar-refractivity contribution in [2.24, 2.45) is 0 Å². The molecule has 0 bridgehead atoms. The predicted molar refractivity (Wildman–Crippen MR) is 69.9 cm³/mol. The zero-order valence-corrected chi connectivity index (χ0v) is 11.7. The van der Waals surface area contributed by atoms with E-state index in [1.54, 1.807) is 13.0 Å². The Morgan fingerprint density at radius 1 is 1.18 bits per heavy atom. The lowest BCUT2D eigenvalue weighted by molar-refractivity contribution is 0.627. The fourth-order valence-electron chi connectivity index (χ4n) is 1.39. The Morgan fingerprint density at radius 2 is 1.76 bits per heavy atom. The summed E-state index contributed by atoms with van der Waals surface area (Å²) in [4.78, 5) is 8.19. The summed E-state index contributed by atoms with van der Waals surface area (Å²) >= 11 is 15.0. The van der Waals surface area contributed by atoms with Crippen molar-refractivity contribution in [1.29, 1.82) is 0 Å². The Labute approximate surface area is 116 Å². The van der Waals surface area contributed by atoms with Gasteiger partial charge in [-0.1, -0.05) is 23.2 Å². The van der Waals surface area contributed by atoms with E-state index in [0.717, 1.165) is 5.56 Å². The topological polar surface area (TPSA) is 25.8 Å². The standard InChI is InChI=1S/C11H6BrCl2FN2/c1-5-4-6(15)2-3-7(5)11-16-9(13)8(12)10(14)17-11/h2-4H,1H3. The molecule has 2 aromatic rings. The summed E-state index contributed by atoms with van der Waals surface area (Å²) in [5, 5.41) is 0.451. The van der Waals surface area contributed by atoms with Crippen LogP contribution in [0.3, 0.4) is 0 Å². The summed E-state index contributed by atoms with van der Waals surface area (Å²) in [7, 11) is 0. The lowest BCUT2D eigenvalue weighted by Crippen LogP contribution is -1.94. The van der Waals surface area contributed by atoms with Gasteiger partial charge in [0.05, 0.1) is 4.47 Å². The Morgan fingerprint density at radius 3 is 2.29 bits per heavy atom. The third-order valence-corrected chi connectivity index (χ3v) is 3.95. The van der Waals surface area contributed by atoms with Gasteiger partial charge in [0, 0.05) is 5.56 Å². The van der Waals surface area contributed by atoms with E-state index in [0.29, 0.717) is 15.9 Å². The van der Waals surface area contributed by atoms with Gasteiger partial charge < -0.3 is 0 Å². The van der Waals surface area contributed by atoms with Gasteiger partial charge in [0.15, 0.2) is 5.82 Å². The smallest absolute Gasteiger partial charge is 0.162 e. The van der Waals surface area contributed by atoms with Crippen molar-refractivity contribution >= 4 is 39.1 Å². The lowest BCUT2D eigenvalue weighted by Gasteiger charge is -2.06. The summed E-state index contributed by atoms with van der Waals surface area (Å²) in [6.45, 7) is 1.77. The molecule has 0 aliphatic rings. The van der Waals surface area contributed by atoms with Crippen LogP contribution in [0.25, 0.3) is 11.4 Å². The summed E-state index contributed by atoms with van der Waals surface area (Å²) in [6.07, 6.45) is 0. The molecule has 6 heteroatoms. The number of benzene rings is 1. The zero-order chi connectivity index (χ0) is 12.6. The summed E-state index contributed by atoms with van der Waals surface area (Å²) < 4.78 is 13.4. The quantitative estimate of drug-likeness (QED) is 0.708. The maximum atomic E-state index is 13.0. The van der Waals surface area contributed by atoms with E-state index in [4.69, 9.17) is 23.2 Å². The van der Waals surface area contributed by atoms with Crippen LogP contribution in [0.2, 0.25) is 10.3 Å². The van der Waals surface area contributed by atoms with E-state index >= 15 is 0 Å². The predicted octanol–water partition coefficient (Wildman–Crippen LogP) is 4.66. The highest BCUT2D eigenvalue weighted by atomic mass is 79.9. The maximum absolute atomic E-state index is 13.0. The van der Waals surface area contributed by atoms with E-state index in [-0.39, 0.29) is 16.1 Å². The van der Waals surface area contributed by atoms with E-state index in [1.807, 2.05) is 0 Å². The average Bonchev–Trinajstić information content (AvgIpc) is 2.25. The summed E-state index contributed by atoms with van der Waals surface area (Å²) in [5.74, 6) is 0.0706. The van der Waals surface area contributed by atoms with Crippen molar-refractivity contribution in [3.05, 3.63) is 44.4 Å². The van der Waals surface area contributed by atoms with Crippen LogP contribution < -0.4 is 0 Å². The van der Waals surface area contributed by atoms with Crippen molar-refractivity contribution in [1.82, 2.24) is 9.97 Å². The number of nitrogens with zero attached hydrogens (tertiary/aromatic N) is 2. The molecule has 0 N–H and O–H groups in total. The minimum Gasteiger partial charge on any atom is -0.215 e. The van der Waals surface area contributed by atoms with E-state index < -0.39 is 0 Å². The van der Waals surface area contributed by atoms with Gasteiger partial charge in [-0.2, -0.15) is 0 Å². The second kappa shape index (κ2) is 4.88. The molecule has 0 aliphatic carbocycles. The molecule has 1 aromatic heterocycles. The third-order valence-electron chi connectivity index (χ3n) is 2.20.